The molecule has 0 saturated carbocycles. The van der Waals surface area contributed by atoms with Gasteiger partial charge >= 0.3 is 0 Å². The molecule has 0 N–H and O–H groups in total. The second-order valence-electron chi connectivity index (χ2n) is 5.54. The largest absolute Gasteiger partial charge is 0.494 e. The number of nitrogens with zero attached hydrogens (tertiary/aromatic N) is 2. The Balaban J connectivity index is 1.97. The van der Waals surface area contributed by atoms with E-state index >= 15 is 0 Å². The number of fused-ring (bicyclic) bond motifs is 1. The van der Waals surface area contributed by atoms with Crippen LogP contribution in [0.1, 0.15) is 12.5 Å². The number of hydrogen-bond donors (Lipinski definition) is 0. The molecule has 26 heavy (non-hydrogen) atoms. The Bertz CT molecular complexity index is 1010. The van der Waals surface area contributed by atoms with Gasteiger partial charge in [-0.05, 0) is 36.8 Å². The first kappa shape index (κ1) is 17.9. The number of carbonyl (C=O) groups excluding carboxylic acids is 1. The molecule has 0 aliphatic heterocycles. The molecule has 1 amide bonds. The summed E-state index contributed by atoms with van der Waals surface area (Å²) >= 11 is 1.47. The summed E-state index contributed by atoms with van der Waals surface area (Å²) in [6.07, 6.45) is 5.06. The molecule has 0 aliphatic carbocycles. The van der Waals surface area contributed by atoms with Crippen LogP contribution in [0.5, 0.6) is 5.75 Å². The van der Waals surface area contributed by atoms with Gasteiger partial charge in [-0.2, -0.15) is 4.99 Å². The van der Waals surface area contributed by atoms with Gasteiger partial charge in [-0.25, -0.2) is 0 Å². The van der Waals surface area contributed by atoms with Crippen LogP contribution in [-0.2, 0) is 11.3 Å². The summed E-state index contributed by atoms with van der Waals surface area (Å²) in [5.41, 5.74) is 1.98. The normalized spacial score (nSPS) is 12.0. The third kappa shape index (κ3) is 4.18. The molecule has 0 spiro atoms. The molecule has 0 atom stereocenters. The van der Waals surface area contributed by atoms with Gasteiger partial charge in [-0.15, -0.1) is 6.58 Å². The smallest absolute Gasteiger partial charge is 0.272 e. The van der Waals surface area contributed by atoms with Crippen molar-refractivity contribution < 1.29 is 9.53 Å². The van der Waals surface area contributed by atoms with Crippen LogP contribution in [0.2, 0.25) is 0 Å². The van der Waals surface area contributed by atoms with Crippen molar-refractivity contribution in [2.75, 3.05) is 6.61 Å². The van der Waals surface area contributed by atoms with Gasteiger partial charge in [0.25, 0.3) is 5.91 Å². The predicted octanol–water partition coefficient (Wildman–Crippen LogP) is 4.43. The van der Waals surface area contributed by atoms with Gasteiger partial charge in [0.15, 0.2) is 4.80 Å². The number of carbonyl (C=O) groups is 1. The lowest BCUT2D eigenvalue weighted by Crippen LogP contribution is -2.15. The maximum Gasteiger partial charge on any atom is 0.272 e. The second-order valence-corrected chi connectivity index (χ2v) is 6.55. The molecule has 2 aromatic carbocycles. The van der Waals surface area contributed by atoms with Gasteiger partial charge in [0.1, 0.15) is 5.75 Å². The number of benzene rings is 2. The minimum atomic E-state index is -0.289. The lowest BCUT2D eigenvalue weighted by atomic mass is 10.2. The third-order valence-electron chi connectivity index (χ3n) is 3.70. The topological polar surface area (TPSA) is 43.6 Å². The summed E-state index contributed by atoms with van der Waals surface area (Å²) in [6, 6.07) is 15.6. The highest BCUT2D eigenvalue weighted by Crippen LogP contribution is 2.23. The van der Waals surface area contributed by atoms with Gasteiger partial charge < -0.3 is 9.30 Å². The van der Waals surface area contributed by atoms with E-state index in [2.05, 4.69) is 11.6 Å². The molecule has 1 aromatic heterocycles. The lowest BCUT2D eigenvalue weighted by Gasteiger charge is -2.03. The molecular formula is C21H20N2O2S. The van der Waals surface area contributed by atoms with Crippen LogP contribution < -0.4 is 9.54 Å². The quantitative estimate of drug-likeness (QED) is 0.480. The highest BCUT2D eigenvalue weighted by molar-refractivity contribution is 7.16. The summed E-state index contributed by atoms with van der Waals surface area (Å²) in [5, 5.41) is 0. The van der Waals surface area contributed by atoms with Crippen molar-refractivity contribution in [3.05, 3.63) is 77.6 Å². The SMILES string of the molecule is C=CCn1c(=NC(=O)/C=C/c2ccccc2)sc2cc(OCC)ccc21. The molecule has 0 radical (unpaired) electrons. The monoisotopic (exact) mass is 364 g/mol. The van der Waals surface area contributed by atoms with Crippen molar-refractivity contribution in [2.24, 2.45) is 4.99 Å². The van der Waals surface area contributed by atoms with Gasteiger partial charge in [-0.1, -0.05) is 47.7 Å². The van der Waals surface area contributed by atoms with E-state index in [9.17, 15) is 4.79 Å². The Labute approximate surface area is 156 Å². The Kier molecular flexibility index (Phi) is 5.81. The summed E-state index contributed by atoms with van der Waals surface area (Å²) in [7, 11) is 0. The minimum absolute atomic E-state index is 0.289. The summed E-state index contributed by atoms with van der Waals surface area (Å²) in [4.78, 5) is 17.2. The van der Waals surface area contributed by atoms with Crippen molar-refractivity contribution in [3.63, 3.8) is 0 Å². The van der Waals surface area contributed by atoms with E-state index < -0.39 is 0 Å². The zero-order valence-electron chi connectivity index (χ0n) is 14.6. The molecule has 3 rings (SSSR count). The molecule has 0 saturated heterocycles. The maximum atomic E-state index is 12.3. The van der Waals surface area contributed by atoms with E-state index in [4.69, 9.17) is 4.74 Å². The molecule has 5 heteroatoms. The van der Waals surface area contributed by atoms with E-state index in [0.29, 0.717) is 18.0 Å². The van der Waals surface area contributed by atoms with Gasteiger partial charge in [-0.3, -0.25) is 4.79 Å². The fourth-order valence-corrected chi connectivity index (χ4v) is 3.64. The summed E-state index contributed by atoms with van der Waals surface area (Å²) in [5.74, 6) is 0.525. The average Bonchev–Trinajstić information content (AvgIpc) is 2.98. The Morgan fingerprint density at radius 3 is 2.81 bits per heavy atom. The number of ether oxygens (including phenoxy) is 1. The Morgan fingerprint density at radius 1 is 1.27 bits per heavy atom. The van der Waals surface area contributed by atoms with Gasteiger partial charge in [0.2, 0.25) is 0 Å². The second kappa shape index (κ2) is 8.45. The first-order chi connectivity index (χ1) is 12.7. The standard InChI is InChI=1S/C21H20N2O2S/c1-3-14-23-18-12-11-17(25-4-2)15-19(18)26-21(23)22-20(24)13-10-16-8-6-5-7-9-16/h3,5-13,15H,1,4,14H2,2H3/b13-10+,22-21?. The molecule has 4 nitrogen and oxygen atoms in total. The Hall–Kier alpha value is -2.92. The van der Waals surface area contributed by atoms with Crippen molar-refractivity contribution in [1.82, 2.24) is 4.57 Å². The molecule has 132 valence electrons. The van der Waals surface area contributed by atoms with Crippen LogP contribution in [0.4, 0.5) is 0 Å². The van der Waals surface area contributed by atoms with Crippen molar-refractivity contribution >= 4 is 33.5 Å². The molecule has 3 aromatic rings. The van der Waals surface area contributed by atoms with Crippen LogP contribution in [0.3, 0.4) is 0 Å². The van der Waals surface area contributed by atoms with Crippen LogP contribution in [0, 0.1) is 0 Å². The minimum Gasteiger partial charge on any atom is -0.494 e. The summed E-state index contributed by atoms with van der Waals surface area (Å²) in [6.45, 7) is 6.96. The molecule has 0 unspecified atom stereocenters. The van der Waals surface area contributed by atoms with E-state index in [0.717, 1.165) is 21.5 Å². The van der Waals surface area contributed by atoms with Crippen LogP contribution in [-0.4, -0.2) is 17.1 Å². The van der Waals surface area contributed by atoms with E-state index in [-0.39, 0.29) is 5.91 Å². The fourth-order valence-electron chi connectivity index (χ4n) is 2.56. The van der Waals surface area contributed by atoms with E-state index in [1.165, 1.54) is 17.4 Å². The average molecular weight is 364 g/mol. The lowest BCUT2D eigenvalue weighted by molar-refractivity contribution is -0.113. The molecule has 1 heterocycles. The third-order valence-corrected chi connectivity index (χ3v) is 4.74. The maximum absolute atomic E-state index is 12.3. The molecule has 0 bridgehead atoms. The van der Waals surface area contributed by atoms with Crippen molar-refractivity contribution in [2.45, 2.75) is 13.5 Å². The van der Waals surface area contributed by atoms with Gasteiger partial charge in [0.05, 0.1) is 16.8 Å². The summed E-state index contributed by atoms with van der Waals surface area (Å²) < 4.78 is 8.57. The van der Waals surface area contributed by atoms with Crippen LogP contribution in [0.25, 0.3) is 16.3 Å². The van der Waals surface area contributed by atoms with Crippen LogP contribution in [0.15, 0.2) is 72.3 Å². The van der Waals surface area contributed by atoms with E-state index in [1.54, 1.807) is 12.2 Å². The molecule has 0 aliphatic rings. The highest BCUT2D eigenvalue weighted by atomic mass is 32.1. The Morgan fingerprint density at radius 2 is 2.08 bits per heavy atom. The number of aromatic nitrogens is 1. The first-order valence-corrected chi connectivity index (χ1v) is 9.22. The van der Waals surface area contributed by atoms with Crippen molar-refractivity contribution in [3.8, 4) is 5.75 Å². The number of allylic oxidation sites excluding steroid dienone is 1. The molecule has 0 fully saturated rings. The number of amides is 1. The fraction of sp³-hybridized carbons (Fsp3) is 0.143. The number of hydrogen-bond acceptors (Lipinski definition) is 3. The van der Waals surface area contributed by atoms with Gasteiger partial charge in [0, 0.05) is 12.6 Å². The molecular weight excluding hydrogens is 344 g/mol. The van der Waals surface area contributed by atoms with Crippen LogP contribution >= 0.6 is 11.3 Å². The van der Waals surface area contributed by atoms with E-state index in [1.807, 2.05) is 60.0 Å². The first-order valence-electron chi connectivity index (χ1n) is 8.40. The zero-order valence-corrected chi connectivity index (χ0v) is 15.4. The number of rotatable bonds is 6. The predicted molar refractivity (Wildman–Crippen MR) is 107 cm³/mol. The number of thiazole rings is 1. The zero-order chi connectivity index (χ0) is 18.4. The van der Waals surface area contributed by atoms with Crippen molar-refractivity contribution in [1.29, 1.82) is 0 Å². The highest BCUT2D eigenvalue weighted by Gasteiger charge is 2.07.